The monoisotopic (exact) mass is 355 g/mol. The Morgan fingerprint density at radius 1 is 1.33 bits per heavy atom. The number of nitrogens with one attached hydrogen (secondary N) is 1. The molecule has 1 aliphatic carbocycles. The smallest absolute Gasteiger partial charge is 0.0695 e. The lowest BCUT2D eigenvalue weighted by Gasteiger charge is -2.22. The predicted molar refractivity (Wildman–Crippen MR) is 92.4 cm³/mol. The molecule has 120 valence electrons. The molecule has 0 amide bonds. The molecule has 1 N–H and O–H groups in total. The highest BCUT2D eigenvalue weighted by atomic mass is 79.9. The molecule has 1 saturated carbocycles. The summed E-state index contributed by atoms with van der Waals surface area (Å²) < 4.78 is 3.35. The molecular formula is C17H30BrN3. The van der Waals surface area contributed by atoms with Gasteiger partial charge in [0, 0.05) is 6.54 Å². The number of aromatic nitrogens is 2. The zero-order valence-corrected chi connectivity index (χ0v) is 15.2. The van der Waals surface area contributed by atoms with Gasteiger partial charge in [0.05, 0.1) is 22.4 Å². The standard InChI is InChI=1S/C17H30BrN3/c1-3-11-19-16(10-9-14-7-5-6-8-14)17-15(18)13-20-21(17)12-4-2/h13-14,16,19H,3-12H2,1-2H3. The Kier molecular flexibility index (Phi) is 7.24. The maximum atomic E-state index is 4.54. The quantitative estimate of drug-likeness (QED) is 0.670. The van der Waals surface area contributed by atoms with Crippen molar-refractivity contribution in [2.24, 2.45) is 5.92 Å². The molecule has 4 heteroatoms. The Balaban J connectivity index is 2.04. The van der Waals surface area contributed by atoms with E-state index in [2.05, 4.69) is 44.9 Å². The van der Waals surface area contributed by atoms with Crippen LogP contribution in [0.4, 0.5) is 0 Å². The van der Waals surface area contributed by atoms with E-state index in [1.165, 1.54) is 50.6 Å². The normalized spacial score (nSPS) is 17.5. The third-order valence-electron chi connectivity index (χ3n) is 4.58. The highest BCUT2D eigenvalue weighted by molar-refractivity contribution is 9.10. The number of hydrogen-bond acceptors (Lipinski definition) is 2. The van der Waals surface area contributed by atoms with Crippen molar-refractivity contribution < 1.29 is 0 Å². The molecule has 1 fully saturated rings. The van der Waals surface area contributed by atoms with Crippen LogP contribution in [0.5, 0.6) is 0 Å². The molecule has 1 aromatic heterocycles. The lowest BCUT2D eigenvalue weighted by molar-refractivity contribution is 0.390. The van der Waals surface area contributed by atoms with Gasteiger partial charge in [-0.2, -0.15) is 5.10 Å². The average Bonchev–Trinajstić information content (AvgIpc) is 3.11. The first-order valence-electron chi connectivity index (χ1n) is 8.70. The fourth-order valence-electron chi connectivity index (χ4n) is 3.46. The van der Waals surface area contributed by atoms with Crippen molar-refractivity contribution in [3.05, 3.63) is 16.4 Å². The summed E-state index contributed by atoms with van der Waals surface area (Å²) in [6.45, 7) is 6.54. The molecule has 0 spiro atoms. The molecule has 1 aliphatic rings. The summed E-state index contributed by atoms with van der Waals surface area (Å²) in [5.74, 6) is 0.956. The molecule has 0 saturated heterocycles. The van der Waals surface area contributed by atoms with Crippen LogP contribution in [-0.2, 0) is 6.54 Å². The van der Waals surface area contributed by atoms with Gasteiger partial charge in [-0.25, -0.2) is 0 Å². The van der Waals surface area contributed by atoms with Gasteiger partial charge in [-0.15, -0.1) is 0 Å². The molecule has 0 aliphatic heterocycles. The molecule has 1 unspecified atom stereocenters. The number of halogens is 1. The van der Waals surface area contributed by atoms with Crippen molar-refractivity contribution in [3.8, 4) is 0 Å². The number of hydrogen-bond donors (Lipinski definition) is 1. The van der Waals surface area contributed by atoms with E-state index in [1.54, 1.807) is 0 Å². The fraction of sp³-hybridized carbons (Fsp3) is 0.824. The van der Waals surface area contributed by atoms with Crippen molar-refractivity contribution in [1.82, 2.24) is 15.1 Å². The first-order chi connectivity index (χ1) is 10.3. The average molecular weight is 356 g/mol. The van der Waals surface area contributed by atoms with Crippen molar-refractivity contribution in [1.29, 1.82) is 0 Å². The van der Waals surface area contributed by atoms with Crippen LogP contribution in [-0.4, -0.2) is 16.3 Å². The minimum atomic E-state index is 0.439. The minimum Gasteiger partial charge on any atom is -0.309 e. The fourth-order valence-corrected chi connectivity index (χ4v) is 4.04. The van der Waals surface area contributed by atoms with Crippen molar-refractivity contribution in [2.75, 3.05) is 6.54 Å². The van der Waals surface area contributed by atoms with E-state index < -0.39 is 0 Å². The van der Waals surface area contributed by atoms with E-state index in [9.17, 15) is 0 Å². The maximum absolute atomic E-state index is 4.54. The lowest BCUT2D eigenvalue weighted by Crippen LogP contribution is -2.26. The van der Waals surface area contributed by atoms with Crippen molar-refractivity contribution >= 4 is 15.9 Å². The highest BCUT2D eigenvalue weighted by Crippen LogP contribution is 2.33. The molecular weight excluding hydrogens is 326 g/mol. The van der Waals surface area contributed by atoms with E-state index in [4.69, 9.17) is 0 Å². The number of nitrogens with zero attached hydrogens (tertiary/aromatic N) is 2. The topological polar surface area (TPSA) is 29.9 Å². The van der Waals surface area contributed by atoms with Gasteiger partial charge in [-0.3, -0.25) is 4.68 Å². The van der Waals surface area contributed by atoms with Gasteiger partial charge in [0.15, 0.2) is 0 Å². The Hall–Kier alpha value is -0.350. The summed E-state index contributed by atoms with van der Waals surface area (Å²) in [5.41, 5.74) is 1.35. The van der Waals surface area contributed by atoms with Crippen LogP contribution < -0.4 is 5.32 Å². The summed E-state index contributed by atoms with van der Waals surface area (Å²) in [5, 5.41) is 8.29. The van der Waals surface area contributed by atoms with Crippen LogP contribution in [0, 0.1) is 5.92 Å². The Labute approximate surface area is 138 Å². The molecule has 2 rings (SSSR count). The summed E-state index contributed by atoms with van der Waals surface area (Å²) in [7, 11) is 0. The zero-order valence-electron chi connectivity index (χ0n) is 13.6. The first-order valence-corrected chi connectivity index (χ1v) is 9.50. The molecule has 0 radical (unpaired) electrons. The molecule has 0 aromatic carbocycles. The summed E-state index contributed by atoms with van der Waals surface area (Å²) in [4.78, 5) is 0. The number of rotatable bonds is 9. The minimum absolute atomic E-state index is 0.439. The van der Waals surface area contributed by atoms with E-state index in [-0.39, 0.29) is 0 Å². The predicted octanol–water partition coefficient (Wildman–Crippen LogP) is 5.07. The van der Waals surface area contributed by atoms with Gasteiger partial charge in [0.2, 0.25) is 0 Å². The van der Waals surface area contributed by atoms with Crippen LogP contribution >= 0.6 is 15.9 Å². The maximum Gasteiger partial charge on any atom is 0.0695 e. The van der Waals surface area contributed by atoms with Crippen LogP contribution in [0.3, 0.4) is 0 Å². The van der Waals surface area contributed by atoms with Crippen molar-refractivity contribution in [2.45, 2.75) is 77.8 Å². The molecule has 0 bridgehead atoms. The van der Waals surface area contributed by atoms with Crippen molar-refractivity contribution in [3.63, 3.8) is 0 Å². The summed E-state index contributed by atoms with van der Waals surface area (Å²) in [6.07, 6.45) is 12.6. The highest BCUT2D eigenvalue weighted by Gasteiger charge is 2.22. The van der Waals surface area contributed by atoms with E-state index >= 15 is 0 Å². The summed E-state index contributed by atoms with van der Waals surface area (Å²) in [6, 6.07) is 0.439. The Bertz CT molecular complexity index is 410. The first kappa shape index (κ1) is 17.0. The molecule has 1 heterocycles. The molecule has 21 heavy (non-hydrogen) atoms. The third-order valence-corrected chi connectivity index (χ3v) is 5.19. The van der Waals surface area contributed by atoms with Gasteiger partial charge in [0.1, 0.15) is 0 Å². The van der Waals surface area contributed by atoms with Gasteiger partial charge in [-0.05, 0) is 54.1 Å². The van der Waals surface area contributed by atoms with Crippen LogP contribution in [0.2, 0.25) is 0 Å². The lowest BCUT2D eigenvalue weighted by atomic mass is 9.97. The zero-order chi connectivity index (χ0) is 15.1. The van der Waals surface area contributed by atoms with Gasteiger partial charge in [0.25, 0.3) is 0 Å². The van der Waals surface area contributed by atoms with Crippen LogP contribution in [0.15, 0.2) is 10.7 Å². The second kappa shape index (κ2) is 8.94. The van der Waals surface area contributed by atoms with Gasteiger partial charge in [-0.1, -0.05) is 39.5 Å². The Morgan fingerprint density at radius 2 is 2.10 bits per heavy atom. The largest absolute Gasteiger partial charge is 0.309 e. The van der Waals surface area contributed by atoms with Crippen LogP contribution in [0.25, 0.3) is 0 Å². The molecule has 3 nitrogen and oxygen atoms in total. The van der Waals surface area contributed by atoms with E-state index in [1.807, 2.05) is 6.20 Å². The molecule has 1 aromatic rings. The second-order valence-electron chi connectivity index (χ2n) is 6.34. The third kappa shape index (κ3) is 4.82. The number of aryl methyl sites for hydroxylation is 1. The van der Waals surface area contributed by atoms with Gasteiger partial charge >= 0.3 is 0 Å². The van der Waals surface area contributed by atoms with Gasteiger partial charge < -0.3 is 5.32 Å². The van der Waals surface area contributed by atoms with Crippen LogP contribution in [0.1, 0.15) is 76.9 Å². The van der Waals surface area contributed by atoms with E-state index in [0.29, 0.717) is 6.04 Å². The second-order valence-corrected chi connectivity index (χ2v) is 7.19. The van der Waals surface area contributed by atoms with E-state index in [0.717, 1.165) is 29.9 Å². The Morgan fingerprint density at radius 3 is 2.76 bits per heavy atom. The summed E-state index contributed by atoms with van der Waals surface area (Å²) >= 11 is 3.71. The molecule has 1 atom stereocenters. The SMILES string of the molecule is CCCNC(CCC1CCCC1)c1c(Br)cnn1CCC.